The molecule has 0 aromatic heterocycles. The number of hydrogen-bond acceptors (Lipinski definition) is 3. The topological polar surface area (TPSA) is 142 Å². The van der Waals surface area contributed by atoms with E-state index in [-0.39, 0.29) is 24.5 Å². The van der Waals surface area contributed by atoms with E-state index in [2.05, 4.69) is 9.58 Å². The van der Waals surface area contributed by atoms with E-state index in [0.29, 0.717) is 0 Å². The molecule has 4 N–H and O–H groups in total. The minimum atomic E-state index is -0.759. The molecule has 0 aromatic carbocycles. The number of Topliss-reactive ketones (excluding diaryl/α,β-unsaturated/α-hetero) is 1. The zero-order valence-electron chi connectivity index (χ0n) is 6.27. The minimum Gasteiger partial charge on any atom is -0.361 e. The Bertz CT molecular complexity index is 254. The maximum absolute atomic E-state index is 11.0. The summed E-state index contributed by atoms with van der Waals surface area (Å²) in [6.45, 7) is -0.483. The van der Waals surface area contributed by atoms with Gasteiger partial charge in [-0.3, -0.25) is 4.79 Å². The molecule has 64 valence electrons. The standard InChI is InChI=1S/C5H8N6O/c6-1-3(10-8)5(12)4(2-7)11-9/h1-2,6-7H2. The Labute approximate surface area is 68.2 Å². The molecule has 0 bridgehead atoms. The highest BCUT2D eigenvalue weighted by Crippen LogP contribution is 1.76. The van der Waals surface area contributed by atoms with Gasteiger partial charge < -0.3 is 22.5 Å². The summed E-state index contributed by atoms with van der Waals surface area (Å²) in [6, 6.07) is 0. The largest absolute Gasteiger partial charge is 0.361 e. The Balaban J connectivity index is 4.82. The van der Waals surface area contributed by atoms with Crippen molar-refractivity contribution in [1.82, 2.24) is 0 Å². The van der Waals surface area contributed by atoms with Crippen LogP contribution >= 0.6 is 0 Å². The van der Waals surface area contributed by atoms with E-state index in [1.54, 1.807) is 0 Å². The van der Waals surface area contributed by atoms with Crippen molar-refractivity contribution in [3.05, 3.63) is 11.1 Å². The molecule has 0 fully saturated rings. The maximum Gasteiger partial charge on any atom is 0.360 e. The molecule has 0 saturated heterocycles. The first-order valence-electron chi connectivity index (χ1n) is 3.07. The summed E-state index contributed by atoms with van der Waals surface area (Å²) in [5.41, 5.74) is 26.0. The molecule has 0 unspecified atom stereocenters. The summed E-state index contributed by atoms with van der Waals surface area (Å²) >= 11 is 0. The van der Waals surface area contributed by atoms with Crippen molar-refractivity contribution in [3.8, 4) is 0 Å². The van der Waals surface area contributed by atoms with Gasteiger partial charge in [-0.25, -0.2) is 0 Å². The minimum absolute atomic E-state index is 0.242. The molecule has 0 rings (SSSR count). The summed E-state index contributed by atoms with van der Waals surface area (Å²) in [6.07, 6.45) is 0. The second kappa shape index (κ2) is 5.06. The molecule has 7 nitrogen and oxygen atoms in total. The van der Waals surface area contributed by atoms with Crippen molar-refractivity contribution in [2.45, 2.75) is 0 Å². The summed E-state index contributed by atoms with van der Waals surface area (Å²) in [5.74, 6) is -0.759. The van der Waals surface area contributed by atoms with Crippen molar-refractivity contribution in [2.24, 2.45) is 11.5 Å². The average Bonchev–Trinajstić information content (AvgIpc) is 2.09. The second-order valence-electron chi connectivity index (χ2n) is 1.83. The molecule has 0 spiro atoms. The van der Waals surface area contributed by atoms with Crippen LogP contribution in [0.15, 0.2) is 0 Å². The number of carbonyl (C=O) groups excluding carboxylic acids is 1. The Morgan fingerprint density at radius 3 is 1.58 bits per heavy atom. The fourth-order valence-electron chi connectivity index (χ4n) is 0.524. The van der Waals surface area contributed by atoms with Gasteiger partial charge in [-0.2, -0.15) is 9.58 Å². The quantitative estimate of drug-likeness (QED) is 0.279. The molecule has 0 aromatic rings. The predicted molar refractivity (Wildman–Crippen MR) is 40.4 cm³/mol. The highest BCUT2D eigenvalue weighted by atomic mass is 16.1. The second-order valence-corrected chi connectivity index (χ2v) is 1.83. The highest BCUT2D eigenvalue weighted by Gasteiger charge is 2.29. The Kier molecular flexibility index (Phi) is 4.36. The Morgan fingerprint density at radius 1 is 1.08 bits per heavy atom. The van der Waals surface area contributed by atoms with Gasteiger partial charge >= 0.3 is 17.2 Å². The molecule has 0 atom stereocenters. The van der Waals surface area contributed by atoms with Gasteiger partial charge in [0.05, 0.1) is 0 Å². The third-order valence-electron chi connectivity index (χ3n) is 1.15. The first-order chi connectivity index (χ1) is 5.71. The molecular formula is C5H8N6O. The third kappa shape index (κ3) is 2.19. The van der Waals surface area contributed by atoms with Crippen LogP contribution in [0.5, 0.6) is 0 Å². The normalized spacial score (nSPS) is 8.17. The van der Waals surface area contributed by atoms with Gasteiger partial charge in [-0.1, -0.05) is 0 Å². The van der Waals surface area contributed by atoms with E-state index in [9.17, 15) is 4.79 Å². The number of nitrogens with zero attached hydrogens (tertiary/aromatic N) is 4. The molecule has 0 aliphatic rings. The average molecular weight is 168 g/mol. The van der Waals surface area contributed by atoms with Crippen LogP contribution in [-0.4, -0.2) is 39.9 Å². The zero-order chi connectivity index (χ0) is 9.56. The van der Waals surface area contributed by atoms with E-state index in [4.69, 9.17) is 22.5 Å². The summed E-state index contributed by atoms with van der Waals surface area (Å²) in [5, 5.41) is 0. The van der Waals surface area contributed by atoms with Crippen LogP contribution in [0.1, 0.15) is 0 Å². The zero-order valence-corrected chi connectivity index (χ0v) is 6.27. The lowest BCUT2D eigenvalue weighted by atomic mass is 10.1. The highest BCUT2D eigenvalue weighted by molar-refractivity contribution is 6.64. The predicted octanol–water partition coefficient (Wildman–Crippen LogP) is -2.19. The van der Waals surface area contributed by atoms with Gasteiger partial charge in [0.15, 0.2) is 0 Å². The lowest BCUT2D eigenvalue weighted by Crippen LogP contribution is -2.35. The van der Waals surface area contributed by atoms with Crippen molar-refractivity contribution in [1.29, 1.82) is 0 Å². The molecule has 0 heterocycles. The van der Waals surface area contributed by atoms with E-state index in [0.717, 1.165) is 0 Å². The van der Waals surface area contributed by atoms with Crippen LogP contribution in [0, 0.1) is 0 Å². The van der Waals surface area contributed by atoms with E-state index in [1.165, 1.54) is 0 Å². The van der Waals surface area contributed by atoms with E-state index in [1.807, 2.05) is 0 Å². The van der Waals surface area contributed by atoms with Crippen LogP contribution in [-0.2, 0) is 4.79 Å². The first-order valence-corrected chi connectivity index (χ1v) is 3.07. The van der Waals surface area contributed by atoms with Gasteiger partial charge in [0.1, 0.15) is 13.1 Å². The van der Waals surface area contributed by atoms with Crippen molar-refractivity contribution >= 4 is 17.2 Å². The Morgan fingerprint density at radius 2 is 1.42 bits per heavy atom. The number of ketones is 1. The van der Waals surface area contributed by atoms with Crippen molar-refractivity contribution in [3.63, 3.8) is 0 Å². The lowest BCUT2D eigenvalue weighted by molar-refractivity contribution is -0.115. The summed E-state index contributed by atoms with van der Waals surface area (Å²) in [4.78, 5) is 16.3. The first kappa shape index (κ1) is 10.3. The van der Waals surface area contributed by atoms with Gasteiger partial charge in [0, 0.05) is 0 Å². The van der Waals surface area contributed by atoms with Crippen LogP contribution in [0.2, 0.25) is 0 Å². The Hall–Kier alpha value is -1.65. The van der Waals surface area contributed by atoms with Gasteiger partial charge in [0.2, 0.25) is 0 Å². The van der Waals surface area contributed by atoms with Crippen LogP contribution < -0.4 is 11.5 Å². The fourth-order valence-corrected chi connectivity index (χ4v) is 0.524. The third-order valence-corrected chi connectivity index (χ3v) is 1.15. The molecular weight excluding hydrogens is 160 g/mol. The number of rotatable bonds is 4. The molecule has 12 heavy (non-hydrogen) atoms. The maximum atomic E-state index is 11.0. The van der Waals surface area contributed by atoms with Gasteiger partial charge in [-0.05, 0) is 0 Å². The summed E-state index contributed by atoms with van der Waals surface area (Å²) < 4.78 is 0. The fraction of sp³-hybridized carbons (Fsp3) is 0.400. The molecule has 0 saturated carbocycles. The lowest BCUT2D eigenvalue weighted by Gasteiger charge is -1.85. The van der Waals surface area contributed by atoms with Gasteiger partial charge in [-0.15, -0.1) is 0 Å². The van der Waals surface area contributed by atoms with E-state index < -0.39 is 5.78 Å². The monoisotopic (exact) mass is 168 g/mol. The van der Waals surface area contributed by atoms with Crippen molar-refractivity contribution < 1.29 is 14.4 Å². The van der Waals surface area contributed by atoms with Crippen molar-refractivity contribution in [2.75, 3.05) is 13.1 Å². The molecule has 0 radical (unpaired) electrons. The smallest absolute Gasteiger partial charge is 0.360 e. The summed E-state index contributed by atoms with van der Waals surface area (Å²) in [7, 11) is 0. The SMILES string of the molecule is [N-]=[N+]=C(CN)C(=O)C(CN)=[N+]=[N-]. The van der Waals surface area contributed by atoms with Crippen LogP contribution in [0.4, 0.5) is 0 Å². The number of hydrogen-bond donors (Lipinski definition) is 2. The molecule has 0 aliphatic carbocycles. The van der Waals surface area contributed by atoms with Crippen LogP contribution in [0.3, 0.4) is 0 Å². The molecule has 7 heteroatoms. The molecule has 0 aliphatic heterocycles. The number of nitrogens with two attached hydrogens (primary N) is 2. The number of carbonyl (C=O) groups is 1. The van der Waals surface area contributed by atoms with Crippen LogP contribution in [0.25, 0.3) is 11.1 Å². The molecule has 0 amide bonds. The van der Waals surface area contributed by atoms with E-state index >= 15 is 0 Å². The van der Waals surface area contributed by atoms with Gasteiger partial charge in [0.25, 0.3) is 0 Å².